The van der Waals surface area contributed by atoms with Crippen molar-refractivity contribution < 1.29 is 9.53 Å². The molecule has 96 valence electrons. The Balaban J connectivity index is 1.99. The molecule has 1 unspecified atom stereocenters. The van der Waals surface area contributed by atoms with Crippen LogP contribution >= 0.6 is 15.9 Å². The molecule has 0 saturated heterocycles. The van der Waals surface area contributed by atoms with E-state index < -0.39 is 6.09 Å². The SMILES string of the molecule is COC(=O)NC1=NCC(c2cccc(Br)c2)CN1. The molecule has 5 nitrogen and oxygen atoms in total. The first-order valence-electron chi connectivity index (χ1n) is 5.58. The van der Waals surface area contributed by atoms with E-state index >= 15 is 0 Å². The van der Waals surface area contributed by atoms with Crippen LogP contribution in [0, 0.1) is 0 Å². The van der Waals surface area contributed by atoms with E-state index in [1.54, 1.807) is 0 Å². The van der Waals surface area contributed by atoms with Gasteiger partial charge in [0.1, 0.15) is 0 Å². The van der Waals surface area contributed by atoms with Gasteiger partial charge in [-0.3, -0.25) is 10.3 Å². The molecular weight excluding hydrogens is 298 g/mol. The number of amides is 1. The second kappa shape index (κ2) is 5.86. The molecule has 1 atom stereocenters. The van der Waals surface area contributed by atoms with Crippen molar-refractivity contribution in [2.75, 3.05) is 20.2 Å². The molecule has 0 aliphatic carbocycles. The summed E-state index contributed by atoms with van der Waals surface area (Å²) < 4.78 is 5.56. The van der Waals surface area contributed by atoms with Crippen LogP contribution in [0.5, 0.6) is 0 Å². The van der Waals surface area contributed by atoms with Gasteiger partial charge < -0.3 is 10.1 Å². The molecule has 1 aromatic carbocycles. The zero-order valence-corrected chi connectivity index (χ0v) is 11.5. The van der Waals surface area contributed by atoms with Gasteiger partial charge in [0.15, 0.2) is 0 Å². The van der Waals surface area contributed by atoms with Crippen molar-refractivity contribution >= 4 is 28.0 Å². The Labute approximate surface area is 114 Å². The third-order valence-electron chi connectivity index (χ3n) is 2.71. The zero-order chi connectivity index (χ0) is 13.0. The molecule has 0 bridgehead atoms. The maximum absolute atomic E-state index is 11.0. The van der Waals surface area contributed by atoms with E-state index in [0.717, 1.165) is 11.0 Å². The Morgan fingerprint density at radius 3 is 3.06 bits per heavy atom. The smallest absolute Gasteiger partial charge is 0.413 e. The Hall–Kier alpha value is -1.56. The lowest BCUT2D eigenvalue weighted by molar-refractivity contribution is 0.176. The van der Waals surface area contributed by atoms with E-state index in [4.69, 9.17) is 0 Å². The van der Waals surface area contributed by atoms with Gasteiger partial charge in [-0.1, -0.05) is 28.1 Å². The average Bonchev–Trinajstić information content (AvgIpc) is 2.39. The number of hydrogen-bond donors (Lipinski definition) is 2. The Kier molecular flexibility index (Phi) is 4.19. The van der Waals surface area contributed by atoms with Gasteiger partial charge in [0, 0.05) is 16.9 Å². The summed E-state index contributed by atoms with van der Waals surface area (Å²) >= 11 is 3.45. The maximum atomic E-state index is 11.0. The molecule has 0 fully saturated rings. The van der Waals surface area contributed by atoms with E-state index in [2.05, 4.69) is 48.4 Å². The summed E-state index contributed by atoms with van der Waals surface area (Å²) in [6.45, 7) is 1.38. The minimum Gasteiger partial charge on any atom is -0.453 e. The second-order valence-electron chi connectivity index (χ2n) is 3.94. The van der Waals surface area contributed by atoms with Crippen molar-refractivity contribution in [3.8, 4) is 0 Å². The number of carbonyl (C=O) groups is 1. The van der Waals surface area contributed by atoms with Gasteiger partial charge in [-0.05, 0) is 17.7 Å². The number of nitrogens with one attached hydrogen (secondary N) is 2. The van der Waals surface area contributed by atoms with Crippen LogP contribution in [0.25, 0.3) is 0 Å². The monoisotopic (exact) mass is 311 g/mol. The normalized spacial score (nSPS) is 18.6. The highest BCUT2D eigenvalue weighted by atomic mass is 79.9. The topological polar surface area (TPSA) is 62.7 Å². The molecule has 0 radical (unpaired) electrons. The van der Waals surface area contributed by atoms with Crippen molar-refractivity contribution in [1.29, 1.82) is 0 Å². The molecule has 0 spiro atoms. The molecule has 2 N–H and O–H groups in total. The lowest BCUT2D eigenvalue weighted by atomic mass is 9.98. The number of alkyl carbamates (subject to hydrolysis) is 1. The van der Waals surface area contributed by atoms with Gasteiger partial charge in [-0.25, -0.2) is 4.79 Å². The van der Waals surface area contributed by atoms with Crippen LogP contribution in [-0.2, 0) is 4.74 Å². The molecule has 1 aromatic rings. The van der Waals surface area contributed by atoms with Crippen LogP contribution in [0.1, 0.15) is 11.5 Å². The van der Waals surface area contributed by atoms with Gasteiger partial charge in [0.2, 0.25) is 5.96 Å². The van der Waals surface area contributed by atoms with Gasteiger partial charge in [0.05, 0.1) is 13.7 Å². The fourth-order valence-corrected chi connectivity index (χ4v) is 2.17. The number of nitrogens with zero attached hydrogens (tertiary/aromatic N) is 1. The van der Waals surface area contributed by atoms with E-state index in [1.807, 2.05) is 12.1 Å². The minimum absolute atomic E-state index is 0.311. The number of benzene rings is 1. The lowest BCUT2D eigenvalue weighted by Gasteiger charge is -2.23. The largest absolute Gasteiger partial charge is 0.453 e. The molecule has 18 heavy (non-hydrogen) atoms. The Morgan fingerprint density at radius 2 is 2.44 bits per heavy atom. The summed E-state index contributed by atoms with van der Waals surface area (Å²) in [6, 6.07) is 8.16. The summed E-state index contributed by atoms with van der Waals surface area (Å²) in [4.78, 5) is 15.3. The molecule has 2 rings (SSSR count). The molecule has 1 heterocycles. The zero-order valence-electron chi connectivity index (χ0n) is 9.94. The predicted molar refractivity (Wildman–Crippen MR) is 72.7 cm³/mol. The van der Waals surface area contributed by atoms with Crippen molar-refractivity contribution in [2.45, 2.75) is 5.92 Å². The molecule has 0 saturated carbocycles. The first-order valence-corrected chi connectivity index (χ1v) is 6.37. The van der Waals surface area contributed by atoms with Crippen LogP contribution in [0.2, 0.25) is 0 Å². The average molecular weight is 312 g/mol. The number of halogens is 1. The maximum Gasteiger partial charge on any atom is 0.413 e. The number of hydrogen-bond acceptors (Lipinski definition) is 4. The van der Waals surface area contributed by atoms with E-state index in [-0.39, 0.29) is 0 Å². The Morgan fingerprint density at radius 1 is 1.61 bits per heavy atom. The van der Waals surface area contributed by atoms with E-state index in [0.29, 0.717) is 18.4 Å². The van der Waals surface area contributed by atoms with Crippen molar-refractivity contribution in [1.82, 2.24) is 10.6 Å². The lowest BCUT2D eigenvalue weighted by Crippen LogP contribution is -2.45. The standard InChI is InChI=1S/C12H14BrN3O2/c1-18-12(17)16-11-14-6-9(7-15-11)8-3-2-4-10(13)5-8/h2-5,9H,6-7H2,1H3,(H2,14,15,16,17). The van der Waals surface area contributed by atoms with Crippen LogP contribution in [0.3, 0.4) is 0 Å². The number of guanidine groups is 1. The van der Waals surface area contributed by atoms with E-state index in [9.17, 15) is 4.79 Å². The molecule has 0 aromatic heterocycles. The van der Waals surface area contributed by atoms with E-state index in [1.165, 1.54) is 12.7 Å². The summed E-state index contributed by atoms with van der Waals surface area (Å²) in [5, 5.41) is 5.60. The summed E-state index contributed by atoms with van der Waals surface area (Å²) in [5.74, 6) is 0.777. The summed E-state index contributed by atoms with van der Waals surface area (Å²) in [5.41, 5.74) is 1.22. The number of rotatable bonds is 1. The predicted octanol–water partition coefficient (Wildman–Crippen LogP) is 1.85. The molecule has 1 aliphatic rings. The first kappa shape index (κ1) is 12.9. The van der Waals surface area contributed by atoms with Crippen molar-refractivity contribution in [3.63, 3.8) is 0 Å². The fraction of sp³-hybridized carbons (Fsp3) is 0.333. The number of carbonyl (C=O) groups excluding carboxylic acids is 1. The highest BCUT2D eigenvalue weighted by Crippen LogP contribution is 2.21. The third-order valence-corrected chi connectivity index (χ3v) is 3.20. The molecule has 1 amide bonds. The van der Waals surface area contributed by atoms with Crippen LogP contribution < -0.4 is 10.6 Å². The van der Waals surface area contributed by atoms with Gasteiger partial charge in [0.25, 0.3) is 0 Å². The highest BCUT2D eigenvalue weighted by molar-refractivity contribution is 9.10. The van der Waals surface area contributed by atoms with Crippen LogP contribution in [0.4, 0.5) is 4.79 Å². The van der Waals surface area contributed by atoms with Crippen LogP contribution in [-0.4, -0.2) is 32.3 Å². The van der Waals surface area contributed by atoms with Crippen molar-refractivity contribution in [3.05, 3.63) is 34.3 Å². The summed E-state index contributed by atoms with van der Waals surface area (Å²) in [6.07, 6.45) is -0.512. The van der Waals surface area contributed by atoms with Gasteiger partial charge >= 0.3 is 6.09 Å². The first-order chi connectivity index (χ1) is 8.69. The number of aliphatic imine (C=N–C) groups is 1. The fourth-order valence-electron chi connectivity index (χ4n) is 1.76. The van der Waals surface area contributed by atoms with Crippen LogP contribution in [0.15, 0.2) is 33.7 Å². The minimum atomic E-state index is -0.512. The quantitative estimate of drug-likeness (QED) is 0.832. The van der Waals surface area contributed by atoms with Gasteiger partial charge in [-0.2, -0.15) is 0 Å². The summed E-state index contributed by atoms with van der Waals surface area (Å²) in [7, 11) is 1.32. The molecule has 6 heteroatoms. The second-order valence-corrected chi connectivity index (χ2v) is 4.85. The molecule has 1 aliphatic heterocycles. The van der Waals surface area contributed by atoms with Crippen molar-refractivity contribution in [2.24, 2.45) is 4.99 Å². The number of ether oxygens (including phenoxy) is 1. The third kappa shape index (κ3) is 3.22. The van der Waals surface area contributed by atoms with Gasteiger partial charge in [-0.15, -0.1) is 0 Å². The number of methoxy groups -OCH3 is 1. The molecular formula is C12H14BrN3O2. The Bertz CT molecular complexity index is 476. The highest BCUT2D eigenvalue weighted by Gasteiger charge is 2.18.